The molecule has 2 N–H and O–H groups in total. The lowest BCUT2D eigenvalue weighted by Gasteiger charge is -2.21. The highest BCUT2D eigenvalue weighted by molar-refractivity contribution is 7.09. The molecule has 2 aromatic heterocycles. The monoisotopic (exact) mass is 370 g/mol. The number of nitrogens with zero attached hydrogens (tertiary/aromatic N) is 2. The van der Waals surface area contributed by atoms with Gasteiger partial charge in [-0.3, -0.25) is 0 Å². The quantitative estimate of drug-likeness (QED) is 0.671. The number of methoxy groups -OCH3 is 1. The zero-order valence-electron chi connectivity index (χ0n) is 14.8. The van der Waals surface area contributed by atoms with E-state index >= 15 is 0 Å². The molecule has 0 aliphatic carbocycles. The number of nitrogens with one attached hydrogen (secondary N) is 2. The summed E-state index contributed by atoms with van der Waals surface area (Å²) in [6, 6.07) is 11.1. The number of aromatic nitrogens is 2. The van der Waals surface area contributed by atoms with Crippen molar-refractivity contribution in [1.82, 2.24) is 20.2 Å². The maximum atomic E-state index is 12.5. The van der Waals surface area contributed by atoms with E-state index in [9.17, 15) is 4.79 Å². The Kier molecular flexibility index (Phi) is 5.91. The zero-order valence-corrected chi connectivity index (χ0v) is 15.6. The second-order valence-corrected chi connectivity index (χ2v) is 6.83. The summed E-state index contributed by atoms with van der Waals surface area (Å²) >= 11 is 1.69. The van der Waals surface area contributed by atoms with Crippen molar-refractivity contribution >= 4 is 17.4 Å². The minimum atomic E-state index is -0.409. The van der Waals surface area contributed by atoms with E-state index in [0.717, 1.165) is 17.8 Å². The SMILES string of the molecule is COc1ccccc1C(NC(=O)NCCc1cccs1)c1nccn1C. The average molecular weight is 370 g/mol. The Bertz CT molecular complexity index is 845. The molecule has 0 saturated heterocycles. The van der Waals surface area contributed by atoms with E-state index in [1.807, 2.05) is 53.5 Å². The fourth-order valence-electron chi connectivity index (χ4n) is 2.78. The highest BCUT2D eigenvalue weighted by Crippen LogP contribution is 2.28. The predicted molar refractivity (Wildman–Crippen MR) is 103 cm³/mol. The lowest BCUT2D eigenvalue weighted by molar-refractivity contribution is 0.238. The number of aryl methyl sites for hydroxylation is 1. The van der Waals surface area contributed by atoms with Crippen LogP contribution in [0.1, 0.15) is 22.3 Å². The van der Waals surface area contributed by atoms with Crippen molar-refractivity contribution in [3.63, 3.8) is 0 Å². The number of amides is 2. The number of hydrogen-bond donors (Lipinski definition) is 2. The molecule has 0 fully saturated rings. The van der Waals surface area contributed by atoms with Gasteiger partial charge in [0.1, 0.15) is 17.6 Å². The first-order valence-electron chi connectivity index (χ1n) is 8.36. The van der Waals surface area contributed by atoms with Crippen molar-refractivity contribution in [3.05, 3.63) is 70.4 Å². The molecule has 136 valence electrons. The summed E-state index contributed by atoms with van der Waals surface area (Å²) in [4.78, 5) is 18.1. The van der Waals surface area contributed by atoms with Crippen LogP contribution < -0.4 is 15.4 Å². The number of urea groups is 1. The van der Waals surface area contributed by atoms with Crippen LogP contribution >= 0.6 is 11.3 Å². The molecule has 1 atom stereocenters. The number of ether oxygens (including phenoxy) is 1. The Morgan fingerprint density at radius 3 is 2.85 bits per heavy atom. The summed E-state index contributed by atoms with van der Waals surface area (Å²) in [6.45, 7) is 0.575. The first kappa shape index (κ1) is 18.0. The van der Waals surface area contributed by atoms with Crippen molar-refractivity contribution in [3.8, 4) is 5.75 Å². The summed E-state index contributed by atoms with van der Waals surface area (Å²) in [5.74, 6) is 1.45. The molecule has 0 bridgehead atoms. The first-order valence-corrected chi connectivity index (χ1v) is 9.24. The zero-order chi connectivity index (χ0) is 18.4. The molecule has 2 amide bonds. The predicted octanol–water partition coefficient (Wildman–Crippen LogP) is 3.12. The fraction of sp³-hybridized carbons (Fsp3) is 0.263. The number of carbonyl (C=O) groups is 1. The Balaban J connectivity index is 1.74. The first-order chi connectivity index (χ1) is 12.7. The minimum Gasteiger partial charge on any atom is -0.496 e. The van der Waals surface area contributed by atoms with Gasteiger partial charge >= 0.3 is 6.03 Å². The molecule has 6 nitrogen and oxygen atoms in total. The largest absolute Gasteiger partial charge is 0.496 e. The maximum absolute atomic E-state index is 12.5. The second-order valence-electron chi connectivity index (χ2n) is 5.80. The van der Waals surface area contributed by atoms with Crippen molar-refractivity contribution in [1.29, 1.82) is 0 Å². The minimum absolute atomic E-state index is 0.236. The number of para-hydroxylation sites is 1. The van der Waals surface area contributed by atoms with Crippen LogP contribution in [0, 0.1) is 0 Å². The standard InChI is InChI=1S/C19H22N4O2S/c1-23-12-11-20-18(23)17(15-7-3-4-8-16(15)25-2)22-19(24)21-10-9-14-6-5-13-26-14/h3-8,11-13,17H,9-10H2,1-2H3,(H2,21,22,24). The molecular formula is C19H22N4O2S. The van der Waals surface area contributed by atoms with Gasteiger partial charge in [-0.1, -0.05) is 24.3 Å². The molecule has 1 unspecified atom stereocenters. The van der Waals surface area contributed by atoms with Gasteiger partial charge in [-0.25, -0.2) is 9.78 Å². The number of hydrogen-bond acceptors (Lipinski definition) is 4. The van der Waals surface area contributed by atoms with Gasteiger partial charge in [-0.2, -0.15) is 0 Å². The van der Waals surface area contributed by atoms with E-state index in [4.69, 9.17) is 4.74 Å². The molecule has 1 aromatic carbocycles. The number of rotatable bonds is 7. The van der Waals surface area contributed by atoms with E-state index in [1.165, 1.54) is 4.88 Å². The number of imidazole rings is 1. The van der Waals surface area contributed by atoms with Crippen LogP contribution in [0.2, 0.25) is 0 Å². The average Bonchev–Trinajstić information content (AvgIpc) is 3.31. The molecule has 26 heavy (non-hydrogen) atoms. The third-order valence-corrected chi connectivity index (χ3v) is 5.02. The van der Waals surface area contributed by atoms with Crippen LogP contribution in [0.3, 0.4) is 0 Å². The van der Waals surface area contributed by atoms with Crippen LogP contribution in [0.4, 0.5) is 4.79 Å². The highest BCUT2D eigenvalue weighted by atomic mass is 32.1. The molecule has 0 radical (unpaired) electrons. The van der Waals surface area contributed by atoms with E-state index < -0.39 is 6.04 Å². The molecule has 0 saturated carbocycles. The van der Waals surface area contributed by atoms with Crippen LogP contribution in [0.25, 0.3) is 0 Å². The van der Waals surface area contributed by atoms with Crippen LogP contribution in [-0.2, 0) is 13.5 Å². The Morgan fingerprint density at radius 1 is 1.31 bits per heavy atom. The number of carbonyl (C=O) groups excluding carboxylic acids is 1. The van der Waals surface area contributed by atoms with Gasteiger partial charge in [0.25, 0.3) is 0 Å². The summed E-state index contributed by atoms with van der Waals surface area (Å²) in [6.07, 6.45) is 4.38. The van der Waals surface area contributed by atoms with Gasteiger partial charge in [0.2, 0.25) is 0 Å². The van der Waals surface area contributed by atoms with Crippen molar-refractivity contribution in [2.75, 3.05) is 13.7 Å². The fourth-order valence-corrected chi connectivity index (χ4v) is 3.49. The maximum Gasteiger partial charge on any atom is 0.315 e. The molecule has 7 heteroatoms. The lowest BCUT2D eigenvalue weighted by atomic mass is 10.0. The third kappa shape index (κ3) is 4.23. The lowest BCUT2D eigenvalue weighted by Crippen LogP contribution is -2.40. The van der Waals surface area contributed by atoms with E-state index in [2.05, 4.69) is 21.7 Å². The van der Waals surface area contributed by atoms with Gasteiger partial charge < -0.3 is 19.9 Å². The van der Waals surface area contributed by atoms with Gasteiger partial charge in [0.05, 0.1) is 7.11 Å². The normalized spacial score (nSPS) is 11.8. The molecule has 2 heterocycles. The van der Waals surface area contributed by atoms with Gasteiger partial charge in [0.15, 0.2) is 0 Å². The number of thiophene rings is 1. The van der Waals surface area contributed by atoms with E-state index in [0.29, 0.717) is 12.3 Å². The van der Waals surface area contributed by atoms with Crippen molar-refractivity contribution < 1.29 is 9.53 Å². The molecule has 0 spiro atoms. The molecule has 0 aliphatic heterocycles. The third-order valence-electron chi connectivity index (χ3n) is 4.08. The molecule has 3 rings (SSSR count). The van der Waals surface area contributed by atoms with Gasteiger partial charge in [-0.05, 0) is 23.9 Å². The highest BCUT2D eigenvalue weighted by Gasteiger charge is 2.23. The van der Waals surface area contributed by atoms with Crippen LogP contribution in [0.5, 0.6) is 5.75 Å². The molecule has 0 aliphatic rings. The van der Waals surface area contributed by atoms with Crippen LogP contribution in [0.15, 0.2) is 54.2 Å². The van der Waals surface area contributed by atoms with Crippen molar-refractivity contribution in [2.24, 2.45) is 7.05 Å². The van der Waals surface area contributed by atoms with E-state index in [1.54, 1.807) is 24.6 Å². The van der Waals surface area contributed by atoms with Gasteiger partial charge in [0, 0.05) is 36.4 Å². The summed E-state index contributed by atoms with van der Waals surface area (Å²) < 4.78 is 7.36. The number of benzene rings is 1. The summed E-state index contributed by atoms with van der Waals surface area (Å²) in [5, 5.41) is 7.98. The second kappa shape index (κ2) is 8.53. The van der Waals surface area contributed by atoms with E-state index in [-0.39, 0.29) is 6.03 Å². The van der Waals surface area contributed by atoms with Crippen LogP contribution in [-0.4, -0.2) is 29.2 Å². The Morgan fingerprint density at radius 2 is 2.15 bits per heavy atom. The summed E-state index contributed by atoms with van der Waals surface area (Å²) in [5.41, 5.74) is 0.859. The smallest absolute Gasteiger partial charge is 0.315 e. The Hall–Kier alpha value is -2.80. The Labute approximate surface area is 156 Å². The van der Waals surface area contributed by atoms with Gasteiger partial charge in [-0.15, -0.1) is 11.3 Å². The van der Waals surface area contributed by atoms with Crippen molar-refractivity contribution in [2.45, 2.75) is 12.5 Å². The molecular weight excluding hydrogens is 348 g/mol. The summed E-state index contributed by atoms with van der Waals surface area (Å²) in [7, 11) is 3.52. The molecule has 3 aromatic rings. The topological polar surface area (TPSA) is 68.2 Å².